The molecule has 0 aliphatic heterocycles. The molecule has 1 heterocycles. The maximum atomic E-state index is 13.1. The molecule has 4 N–H and O–H groups in total. The van der Waals surface area contributed by atoms with Crippen molar-refractivity contribution in [2.24, 2.45) is 12.8 Å². The highest BCUT2D eigenvalue weighted by molar-refractivity contribution is 6.30. The lowest BCUT2D eigenvalue weighted by Crippen LogP contribution is -2.37. The molecule has 8 nitrogen and oxygen atoms in total. The Morgan fingerprint density at radius 2 is 1.66 bits per heavy atom. The summed E-state index contributed by atoms with van der Waals surface area (Å²) in [6, 6.07) is 29.0. The topological polar surface area (TPSA) is 104 Å². The SMILES string of the molecule is C=CN(C)/C(=C\N)C(O)(c1ccc(C(=O)NCc2ccc(N(C)C)cc2)cc1)c1ccc2c(c1)c(-c1cccc(Cl)c1)cc(=O)n2C. The average molecular weight is 648 g/mol. The predicted octanol–water partition coefficient (Wildman–Crippen LogP) is 5.97. The minimum absolute atomic E-state index is 0.177. The van der Waals surface area contributed by atoms with Gasteiger partial charge < -0.3 is 30.5 Å². The summed E-state index contributed by atoms with van der Waals surface area (Å²) >= 11 is 6.32. The van der Waals surface area contributed by atoms with Crippen molar-refractivity contribution < 1.29 is 9.90 Å². The van der Waals surface area contributed by atoms with Crippen molar-refractivity contribution in [3.05, 3.63) is 159 Å². The molecular formula is C38H38ClN5O3. The molecule has 0 aliphatic rings. The number of fused-ring (bicyclic) bond motifs is 1. The number of carbonyl (C=O) groups is 1. The Balaban J connectivity index is 1.56. The van der Waals surface area contributed by atoms with E-state index < -0.39 is 5.60 Å². The van der Waals surface area contributed by atoms with Crippen molar-refractivity contribution in [3.63, 3.8) is 0 Å². The van der Waals surface area contributed by atoms with Crippen LogP contribution in [-0.4, -0.2) is 41.6 Å². The van der Waals surface area contributed by atoms with E-state index in [0.29, 0.717) is 45.0 Å². The number of anilines is 1. The van der Waals surface area contributed by atoms with Gasteiger partial charge in [-0.05, 0) is 82.5 Å². The molecule has 9 heteroatoms. The maximum absolute atomic E-state index is 13.1. The average Bonchev–Trinajstić information content (AvgIpc) is 3.08. The second-order valence-corrected chi connectivity index (χ2v) is 12.0. The lowest BCUT2D eigenvalue weighted by molar-refractivity contribution is 0.0941. The summed E-state index contributed by atoms with van der Waals surface area (Å²) in [5, 5.41) is 17.0. The van der Waals surface area contributed by atoms with Crippen LogP contribution < -0.4 is 21.5 Å². The van der Waals surface area contributed by atoms with Gasteiger partial charge in [0.25, 0.3) is 11.5 Å². The van der Waals surface area contributed by atoms with Crippen LogP contribution in [0.1, 0.15) is 27.0 Å². The number of likely N-dealkylation sites (N-methyl/N-ethyl adjacent to an activating group) is 1. The number of amides is 1. The molecule has 0 spiro atoms. The van der Waals surface area contributed by atoms with E-state index in [2.05, 4.69) is 11.9 Å². The minimum Gasteiger partial charge on any atom is -0.403 e. The van der Waals surface area contributed by atoms with Crippen molar-refractivity contribution >= 4 is 34.1 Å². The van der Waals surface area contributed by atoms with Gasteiger partial charge in [-0.3, -0.25) is 9.59 Å². The van der Waals surface area contributed by atoms with E-state index in [9.17, 15) is 14.7 Å². The van der Waals surface area contributed by atoms with E-state index in [-0.39, 0.29) is 11.5 Å². The quantitative estimate of drug-likeness (QED) is 0.173. The zero-order valence-electron chi connectivity index (χ0n) is 26.9. The Morgan fingerprint density at radius 1 is 0.979 bits per heavy atom. The second kappa shape index (κ2) is 13.6. The van der Waals surface area contributed by atoms with Crippen molar-refractivity contribution in [2.75, 3.05) is 26.0 Å². The van der Waals surface area contributed by atoms with Gasteiger partial charge in [0.15, 0.2) is 5.60 Å². The summed E-state index contributed by atoms with van der Waals surface area (Å²) in [6.45, 7) is 4.24. The number of aryl methyl sites for hydroxylation is 1. The molecule has 1 aromatic heterocycles. The van der Waals surface area contributed by atoms with Crippen LogP contribution in [0.4, 0.5) is 5.69 Å². The summed E-state index contributed by atoms with van der Waals surface area (Å²) in [7, 11) is 7.40. The zero-order chi connectivity index (χ0) is 33.9. The molecule has 1 atom stereocenters. The number of nitrogens with one attached hydrogen (secondary N) is 1. The molecule has 0 bridgehead atoms. The molecule has 1 unspecified atom stereocenters. The highest BCUT2D eigenvalue weighted by atomic mass is 35.5. The third kappa shape index (κ3) is 6.52. The van der Waals surface area contributed by atoms with Crippen LogP contribution >= 0.6 is 11.6 Å². The lowest BCUT2D eigenvalue weighted by atomic mass is 9.81. The molecule has 0 saturated heterocycles. The van der Waals surface area contributed by atoms with Crippen LogP contribution in [0, 0.1) is 0 Å². The monoisotopic (exact) mass is 647 g/mol. The molecule has 240 valence electrons. The number of halogens is 1. The number of hydrogen-bond donors (Lipinski definition) is 3. The molecular weight excluding hydrogens is 610 g/mol. The number of aliphatic hydroxyl groups is 1. The fourth-order valence-corrected chi connectivity index (χ4v) is 5.88. The fraction of sp³-hybridized carbons (Fsp3) is 0.158. The first-order valence-corrected chi connectivity index (χ1v) is 15.4. The number of rotatable bonds is 10. The molecule has 0 fully saturated rings. The number of benzene rings is 4. The van der Waals surface area contributed by atoms with Gasteiger partial charge in [-0.2, -0.15) is 0 Å². The van der Waals surface area contributed by atoms with Gasteiger partial charge in [0, 0.05) is 68.7 Å². The van der Waals surface area contributed by atoms with Crippen LogP contribution in [0.2, 0.25) is 5.02 Å². The van der Waals surface area contributed by atoms with Gasteiger partial charge in [0.1, 0.15) is 0 Å². The fourth-order valence-electron chi connectivity index (χ4n) is 5.69. The first kappa shape index (κ1) is 33.1. The van der Waals surface area contributed by atoms with Gasteiger partial charge in [0.2, 0.25) is 0 Å². The highest BCUT2D eigenvalue weighted by Crippen LogP contribution is 2.40. The first-order chi connectivity index (χ1) is 22.5. The Hall–Kier alpha value is -5.31. The van der Waals surface area contributed by atoms with E-state index in [1.807, 2.05) is 61.5 Å². The number of nitrogens with zero attached hydrogens (tertiary/aromatic N) is 3. The van der Waals surface area contributed by atoms with E-state index in [1.165, 1.54) is 6.20 Å². The maximum Gasteiger partial charge on any atom is 0.251 e. The number of hydrogen-bond acceptors (Lipinski definition) is 6. The van der Waals surface area contributed by atoms with Crippen molar-refractivity contribution in [2.45, 2.75) is 12.1 Å². The predicted molar refractivity (Wildman–Crippen MR) is 191 cm³/mol. The summed E-state index contributed by atoms with van der Waals surface area (Å²) in [4.78, 5) is 29.7. The number of aromatic nitrogens is 1. The molecule has 4 aromatic carbocycles. The van der Waals surface area contributed by atoms with Gasteiger partial charge in [0.05, 0.1) is 11.2 Å². The van der Waals surface area contributed by atoms with Crippen LogP contribution in [0.3, 0.4) is 0 Å². The van der Waals surface area contributed by atoms with Crippen molar-refractivity contribution in [3.8, 4) is 11.1 Å². The molecule has 0 radical (unpaired) electrons. The summed E-state index contributed by atoms with van der Waals surface area (Å²) in [5.41, 5.74) is 10.2. The third-order valence-electron chi connectivity index (χ3n) is 8.45. The van der Waals surface area contributed by atoms with E-state index >= 15 is 0 Å². The Labute approximate surface area is 279 Å². The van der Waals surface area contributed by atoms with Crippen LogP contribution in [0.25, 0.3) is 22.0 Å². The van der Waals surface area contributed by atoms with Gasteiger partial charge >= 0.3 is 0 Å². The number of pyridine rings is 1. The summed E-state index contributed by atoms with van der Waals surface area (Å²) in [5.74, 6) is -0.243. The molecule has 47 heavy (non-hydrogen) atoms. The van der Waals surface area contributed by atoms with Crippen molar-refractivity contribution in [1.29, 1.82) is 0 Å². The highest BCUT2D eigenvalue weighted by Gasteiger charge is 2.38. The molecule has 0 saturated carbocycles. The Bertz CT molecular complexity index is 2030. The van der Waals surface area contributed by atoms with E-state index in [1.54, 1.807) is 84.4 Å². The minimum atomic E-state index is -1.77. The smallest absolute Gasteiger partial charge is 0.251 e. The Kier molecular flexibility index (Phi) is 9.56. The zero-order valence-corrected chi connectivity index (χ0v) is 27.6. The molecule has 1 amide bonds. The number of carbonyl (C=O) groups excluding carboxylic acids is 1. The molecule has 0 aliphatic carbocycles. The van der Waals surface area contributed by atoms with Gasteiger partial charge in [-0.15, -0.1) is 0 Å². The van der Waals surface area contributed by atoms with Crippen LogP contribution in [0.5, 0.6) is 0 Å². The van der Waals surface area contributed by atoms with Gasteiger partial charge in [-0.1, -0.05) is 60.6 Å². The first-order valence-electron chi connectivity index (χ1n) is 15.0. The largest absolute Gasteiger partial charge is 0.403 e. The third-order valence-corrected chi connectivity index (χ3v) is 8.69. The standard InChI is InChI=1S/C38H38ClN5O3/c1-6-43(4)35(23-40)38(47,28-14-12-26(13-15-28)37(46)41-24-25-10-17-31(18-11-25)42(2)3)29-16-19-34-33(21-29)32(22-36(45)44(34)5)27-8-7-9-30(39)20-27/h6-23,47H,1,24,40H2,2-5H3,(H,41,46)/b35-23-. The van der Waals surface area contributed by atoms with E-state index in [4.69, 9.17) is 17.3 Å². The van der Waals surface area contributed by atoms with Crippen LogP contribution in [0.15, 0.2) is 127 Å². The lowest BCUT2D eigenvalue weighted by Gasteiger charge is -2.36. The normalized spacial score (nSPS) is 12.8. The second-order valence-electron chi connectivity index (χ2n) is 11.6. The number of nitrogens with two attached hydrogens (primary N) is 1. The Morgan fingerprint density at radius 3 is 2.28 bits per heavy atom. The van der Waals surface area contributed by atoms with Crippen molar-refractivity contribution in [1.82, 2.24) is 14.8 Å². The van der Waals surface area contributed by atoms with Crippen LogP contribution in [-0.2, 0) is 19.2 Å². The summed E-state index contributed by atoms with van der Waals surface area (Å²) < 4.78 is 1.56. The van der Waals surface area contributed by atoms with Gasteiger partial charge in [-0.25, -0.2) is 0 Å². The molecule has 5 aromatic rings. The summed E-state index contributed by atoms with van der Waals surface area (Å²) in [6.07, 6.45) is 2.89. The van der Waals surface area contributed by atoms with E-state index in [0.717, 1.165) is 22.2 Å². The molecule has 5 rings (SSSR count).